The van der Waals surface area contributed by atoms with Crippen LogP contribution in [0.4, 0.5) is 4.39 Å². The first-order valence-electron chi connectivity index (χ1n) is 6.63. The predicted octanol–water partition coefficient (Wildman–Crippen LogP) is 4.69. The molecule has 0 amide bonds. The van der Waals surface area contributed by atoms with Crippen LogP contribution in [0, 0.1) is 5.82 Å². The molecule has 20 heavy (non-hydrogen) atoms. The lowest BCUT2D eigenvalue weighted by molar-refractivity contribution is -0.117. The van der Waals surface area contributed by atoms with Gasteiger partial charge in [0.15, 0.2) is 0 Å². The normalized spacial score (nSPS) is 10.6. The van der Waals surface area contributed by atoms with Gasteiger partial charge in [-0.2, -0.15) is 0 Å². The summed E-state index contributed by atoms with van der Waals surface area (Å²) >= 11 is 4.35. The van der Waals surface area contributed by atoms with Gasteiger partial charge in [-0.25, -0.2) is 4.39 Å². The summed E-state index contributed by atoms with van der Waals surface area (Å²) in [6, 6.07) is 12.4. The van der Waals surface area contributed by atoms with Crippen LogP contribution in [0.25, 0.3) is 11.1 Å². The average molecular weight is 288 g/mol. The highest BCUT2D eigenvalue weighted by Gasteiger charge is 2.07. The number of rotatable bonds is 5. The van der Waals surface area contributed by atoms with Gasteiger partial charge >= 0.3 is 0 Å². The summed E-state index contributed by atoms with van der Waals surface area (Å²) in [6.07, 6.45) is 2.19. The van der Waals surface area contributed by atoms with Crippen LogP contribution >= 0.6 is 12.6 Å². The van der Waals surface area contributed by atoms with Crippen LogP contribution in [-0.4, -0.2) is 5.78 Å². The molecule has 0 fully saturated rings. The second-order valence-corrected chi connectivity index (χ2v) is 5.42. The molecule has 0 unspecified atom stereocenters. The van der Waals surface area contributed by atoms with E-state index in [9.17, 15) is 9.18 Å². The molecule has 0 aliphatic carbocycles. The fourth-order valence-corrected chi connectivity index (χ4v) is 2.44. The van der Waals surface area contributed by atoms with Crippen molar-refractivity contribution in [1.82, 2.24) is 0 Å². The minimum atomic E-state index is -0.248. The molecule has 0 atom stereocenters. The van der Waals surface area contributed by atoms with Gasteiger partial charge in [-0.05, 0) is 60.7 Å². The lowest BCUT2D eigenvalue weighted by atomic mass is 9.96. The number of benzene rings is 2. The predicted molar refractivity (Wildman–Crippen MR) is 82.7 cm³/mol. The number of hydrogen-bond donors (Lipinski definition) is 1. The summed E-state index contributed by atoms with van der Waals surface area (Å²) in [5, 5.41) is 0. The molecule has 0 radical (unpaired) electrons. The Morgan fingerprint density at radius 3 is 2.70 bits per heavy atom. The van der Waals surface area contributed by atoms with Crippen LogP contribution in [-0.2, 0) is 11.2 Å². The molecule has 0 aliphatic rings. The van der Waals surface area contributed by atoms with E-state index in [2.05, 4.69) is 12.6 Å². The van der Waals surface area contributed by atoms with Crippen LogP contribution in [0.3, 0.4) is 0 Å². The van der Waals surface area contributed by atoms with E-state index in [1.165, 1.54) is 12.1 Å². The Bertz CT molecular complexity index is 622. The van der Waals surface area contributed by atoms with E-state index < -0.39 is 0 Å². The molecular weight excluding hydrogens is 271 g/mol. The van der Waals surface area contributed by atoms with E-state index in [4.69, 9.17) is 0 Å². The van der Waals surface area contributed by atoms with Crippen LogP contribution in [0.2, 0.25) is 0 Å². The van der Waals surface area contributed by atoms with Gasteiger partial charge in [0, 0.05) is 11.3 Å². The van der Waals surface area contributed by atoms with Gasteiger partial charge in [-0.1, -0.05) is 18.2 Å². The smallest absolute Gasteiger partial charge is 0.129 e. The zero-order chi connectivity index (χ0) is 14.5. The van der Waals surface area contributed by atoms with Gasteiger partial charge in [-0.15, -0.1) is 12.6 Å². The van der Waals surface area contributed by atoms with Crippen molar-refractivity contribution in [2.75, 3.05) is 0 Å². The lowest BCUT2D eigenvalue weighted by Crippen LogP contribution is -1.95. The molecule has 2 aromatic carbocycles. The van der Waals surface area contributed by atoms with E-state index in [0.29, 0.717) is 6.42 Å². The Morgan fingerprint density at radius 2 is 2.00 bits per heavy atom. The van der Waals surface area contributed by atoms with E-state index in [1.54, 1.807) is 13.0 Å². The molecule has 0 spiro atoms. The summed E-state index contributed by atoms with van der Waals surface area (Å²) < 4.78 is 13.4. The van der Waals surface area contributed by atoms with Gasteiger partial charge in [0.2, 0.25) is 0 Å². The Balaban J connectivity index is 2.30. The van der Waals surface area contributed by atoms with Crippen molar-refractivity contribution in [3.05, 3.63) is 53.8 Å². The third-order valence-electron chi connectivity index (χ3n) is 3.20. The number of hydrogen-bond acceptors (Lipinski definition) is 2. The van der Waals surface area contributed by atoms with Gasteiger partial charge in [0.1, 0.15) is 11.6 Å². The van der Waals surface area contributed by atoms with E-state index in [-0.39, 0.29) is 11.6 Å². The van der Waals surface area contributed by atoms with Gasteiger partial charge in [-0.3, -0.25) is 0 Å². The van der Waals surface area contributed by atoms with Crippen molar-refractivity contribution in [2.45, 2.75) is 31.1 Å². The Hall–Kier alpha value is -1.61. The second kappa shape index (κ2) is 6.71. The van der Waals surface area contributed by atoms with Crippen molar-refractivity contribution in [2.24, 2.45) is 0 Å². The van der Waals surface area contributed by atoms with Gasteiger partial charge in [0.05, 0.1) is 0 Å². The maximum atomic E-state index is 13.4. The number of Topliss-reactive ketones (excluding diaryl/α,β-unsaturated/α-hetero) is 1. The van der Waals surface area contributed by atoms with Crippen molar-refractivity contribution < 1.29 is 9.18 Å². The fraction of sp³-hybridized carbons (Fsp3) is 0.235. The van der Waals surface area contributed by atoms with E-state index in [1.807, 2.05) is 24.3 Å². The molecule has 0 aromatic heterocycles. The molecule has 0 saturated carbocycles. The third-order valence-corrected chi connectivity index (χ3v) is 3.48. The van der Waals surface area contributed by atoms with Crippen LogP contribution in [0.1, 0.15) is 25.3 Å². The number of carbonyl (C=O) groups excluding carboxylic acids is 1. The molecule has 2 aromatic rings. The Kier molecular flexibility index (Phi) is 4.96. The standard InChI is InChI=1S/C17H17FOS/c1-12(19)4-2-5-13-8-9-16(20)11-17(13)14-6-3-7-15(18)10-14/h3,6-11,20H,2,4-5H2,1H3. The second-order valence-electron chi connectivity index (χ2n) is 4.91. The first-order chi connectivity index (χ1) is 9.56. The molecule has 0 heterocycles. The number of ketones is 1. The highest BCUT2D eigenvalue weighted by molar-refractivity contribution is 7.80. The molecule has 0 saturated heterocycles. The molecule has 0 aliphatic heterocycles. The number of halogens is 1. The quantitative estimate of drug-likeness (QED) is 0.790. The average Bonchev–Trinajstić information content (AvgIpc) is 2.40. The minimum absolute atomic E-state index is 0.197. The van der Waals surface area contributed by atoms with Gasteiger partial charge < -0.3 is 4.79 Å². The minimum Gasteiger partial charge on any atom is -0.300 e. The van der Waals surface area contributed by atoms with Crippen molar-refractivity contribution in [3.8, 4) is 11.1 Å². The molecule has 104 valence electrons. The van der Waals surface area contributed by atoms with Crippen molar-refractivity contribution in [1.29, 1.82) is 0 Å². The summed E-state index contributed by atoms with van der Waals surface area (Å²) in [5.74, 6) is -0.0510. The molecule has 2 rings (SSSR count). The zero-order valence-corrected chi connectivity index (χ0v) is 12.3. The monoisotopic (exact) mass is 288 g/mol. The molecule has 1 nitrogen and oxygen atoms in total. The molecule has 0 bridgehead atoms. The maximum absolute atomic E-state index is 13.4. The summed E-state index contributed by atoms with van der Waals surface area (Å²) in [4.78, 5) is 11.9. The first-order valence-corrected chi connectivity index (χ1v) is 7.08. The lowest BCUT2D eigenvalue weighted by Gasteiger charge is -2.11. The number of carbonyl (C=O) groups is 1. The zero-order valence-electron chi connectivity index (χ0n) is 11.4. The Labute approximate surface area is 124 Å². The Morgan fingerprint density at radius 1 is 1.20 bits per heavy atom. The summed E-state index contributed by atoms with van der Waals surface area (Å²) in [6.45, 7) is 1.60. The highest BCUT2D eigenvalue weighted by atomic mass is 32.1. The number of thiol groups is 1. The topological polar surface area (TPSA) is 17.1 Å². The van der Waals surface area contributed by atoms with Crippen LogP contribution in [0.15, 0.2) is 47.4 Å². The molecule has 3 heteroatoms. The summed E-state index contributed by atoms with van der Waals surface area (Å²) in [7, 11) is 0. The van der Waals surface area contributed by atoms with Crippen LogP contribution in [0.5, 0.6) is 0 Å². The largest absolute Gasteiger partial charge is 0.300 e. The molecular formula is C17H17FOS. The maximum Gasteiger partial charge on any atom is 0.129 e. The van der Waals surface area contributed by atoms with Crippen LogP contribution < -0.4 is 0 Å². The van der Waals surface area contributed by atoms with E-state index in [0.717, 1.165) is 34.4 Å². The van der Waals surface area contributed by atoms with Gasteiger partial charge in [0.25, 0.3) is 0 Å². The fourth-order valence-electron chi connectivity index (χ4n) is 2.23. The highest BCUT2D eigenvalue weighted by Crippen LogP contribution is 2.28. The SMILES string of the molecule is CC(=O)CCCc1ccc(S)cc1-c1cccc(F)c1. The van der Waals surface area contributed by atoms with Crippen molar-refractivity contribution >= 4 is 18.4 Å². The number of aryl methyl sites for hydroxylation is 1. The molecule has 0 N–H and O–H groups in total. The van der Waals surface area contributed by atoms with E-state index >= 15 is 0 Å². The first kappa shape index (κ1) is 14.8. The third kappa shape index (κ3) is 3.94. The van der Waals surface area contributed by atoms with Crippen molar-refractivity contribution in [3.63, 3.8) is 0 Å². The summed E-state index contributed by atoms with van der Waals surface area (Å²) in [5.41, 5.74) is 2.95.